The Labute approximate surface area is 181 Å². The van der Waals surface area contributed by atoms with Crippen LogP contribution in [0.1, 0.15) is 17.5 Å². The Morgan fingerprint density at radius 1 is 0.968 bits per heavy atom. The number of hydrogen-bond donors (Lipinski definition) is 0. The van der Waals surface area contributed by atoms with E-state index < -0.39 is 0 Å². The van der Waals surface area contributed by atoms with Crippen LogP contribution in [0, 0.1) is 5.82 Å². The molecule has 4 aromatic rings. The standard InChI is InChI=1S/C27H24FNO2/c1-30-25-12-9-22(24-17-26(31-27(24)25)21-5-3-2-4-6-21)18-29-15-13-20(14-16-29)19-7-10-23(28)11-8-19/h2-13,17H,14-16,18H2,1H3. The summed E-state index contributed by atoms with van der Waals surface area (Å²) in [5.41, 5.74) is 5.45. The second kappa shape index (κ2) is 8.40. The van der Waals surface area contributed by atoms with Gasteiger partial charge in [0.05, 0.1) is 7.11 Å². The molecule has 0 unspecified atom stereocenters. The van der Waals surface area contributed by atoms with Gasteiger partial charge in [-0.1, -0.05) is 54.6 Å². The normalized spacial score (nSPS) is 14.6. The van der Waals surface area contributed by atoms with Crippen LogP contribution in [0.5, 0.6) is 5.75 Å². The molecule has 156 valence electrons. The topological polar surface area (TPSA) is 25.6 Å². The summed E-state index contributed by atoms with van der Waals surface area (Å²) in [6.45, 7) is 2.66. The molecule has 1 aromatic heterocycles. The molecule has 3 nitrogen and oxygen atoms in total. The van der Waals surface area contributed by atoms with Gasteiger partial charge < -0.3 is 9.15 Å². The molecule has 0 aliphatic carbocycles. The van der Waals surface area contributed by atoms with E-state index in [1.807, 2.05) is 36.4 Å². The Bertz CT molecular complexity index is 1230. The van der Waals surface area contributed by atoms with E-state index in [1.54, 1.807) is 7.11 Å². The van der Waals surface area contributed by atoms with Gasteiger partial charge >= 0.3 is 0 Å². The summed E-state index contributed by atoms with van der Waals surface area (Å²) in [6.07, 6.45) is 3.20. The smallest absolute Gasteiger partial charge is 0.176 e. The van der Waals surface area contributed by atoms with Crippen LogP contribution in [0.3, 0.4) is 0 Å². The molecule has 0 saturated heterocycles. The molecule has 0 radical (unpaired) electrons. The van der Waals surface area contributed by atoms with Crippen molar-refractivity contribution in [3.05, 3.63) is 95.8 Å². The number of furan rings is 1. The highest BCUT2D eigenvalue weighted by atomic mass is 19.1. The average Bonchev–Trinajstić information content (AvgIpc) is 3.27. The van der Waals surface area contributed by atoms with Gasteiger partial charge in [0.25, 0.3) is 0 Å². The van der Waals surface area contributed by atoms with Crippen molar-refractivity contribution in [1.29, 1.82) is 0 Å². The van der Waals surface area contributed by atoms with Crippen LogP contribution in [0.25, 0.3) is 27.9 Å². The SMILES string of the molecule is COc1ccc(CN2CC=C(c3ccc(F)cc3)CC2)c2cc(-c3ccccc3)oc12. The molecule has 2 heterocycles. The van der Waals surface area contributed by atoms with Crippen LogP contribution in [0.2, 0.25) is 0 Å². The molecular weight excluding hydrogens is 389 g/mol. The maximum Gasteiger partial charge on any atom is 0.176 e. The number of ether oxygens (including phenoxy) is 1. The van der Waals surface area contributed by atoms with E-state index in [2.05, 4.69) is 35.2 Å². The highest BCUT2D eigenvalue weighted by Crippen LogP contribution is 2.36. The number of fused-ring (bicyclic) bond motifs is 1. The van der Waals surface area contributed by atoms with E-state index in [-0.39, 0.29) is 5.82 Å². The third-order valence-corrected chi connectivity index (χ3v) is 5.92. The number of methoxy groups -OCH3 is 1. The van der Waals surface area contributed by atoms with Crippen LogP contribution in [0.4, 0.5) is 4.39 Å². The predicted molar refractivity (Wildman–Crippen MR) is 122 cm³/mol. The van der Waals surface area contributed by atoms with Crippen LogP contribution >= 0.6 is 0 Å². The first kappa shape index (κ1) is 19.6. The van der Waals surface area contributed by atoms with E-state index in [4.69, 9.17) is 9.15 Å². The highest BCUT2D eigenvalue weighted by molar-refractivity contribution is 5.90. The van der Waals surface area contributed by atoms with Crippen molar-refractivity contribution >= 4 is 16.5 Å². The summed E-state index contributed by atoms with van der Waals surface area (Å²) in [7, 11) is 1.67. The van der Waals surface area contributed by atoms with Crippen molar-refractivity contribution in [3.63, 3.8) is 0 Å². The molecule has 1 aliphatic rings. The van der Waals surface area contributed by atoms with Gasteiger partial charge in [-0.25, -0.2) is 4.39 Å². The average molecular weight is 413 g/mol. The second-order valence-corrected chi connectivity index (χ2v) is 7.87. The summed E-state index contributed by atoms with van der Waals surface area (Å²) in [6, 6.07) is 23.1. The Morgan fingerprint density at radius 3 is 2.48 bits per heavy atom. The minimum absolute atomic E-state index is 0.194. The Morgan fingerprint density at radius 2 is 1.77 bits per heavy atom. The number of hydrogen-bond acceptors (Lipinski definition) is 3. The van der Waals surface area contributed by atoms with Gasteiger partial charge in [0, 0.05) is 30.6 Å². The van der Waals surface area contributed by atoms with E-state index >= 15 is 0 Å². The largest absolute Gasteiger partial charge is 0.493 e. The van der Waals surface area contributed by atoms with Gasteiger partial charge in [-0.2, -0.15) is 0 Å². The quantitative estimate of drug-likeness (QED) is 0.372. The first-order valence-electron chi connectivity index (χ1n) is 10.5. The summed E-state index contributed by atoms with van der Waals surface area (Å²) >= 11 is 0. The molecule has 4 heteroatoms. The van der Waals surface area contributed by atoms with Gasteiger partial charge in [0.15, 0.2) is 11.3 Å². The Kier molecular flexibility index (Phi) is 5.31. The fourth-order valence-electron chi connectivity index (χ4n) is 4.22. The van der Waals surface area contributed by atoms with E-state index in [1.165, 1.54) is 23.3 Å². The zero-order valence-corrected chi connectivity index (χ0v) is 17.5. The van der Waals surface area contributed by atoms with E-state index in [0.717, 1.165) is 59.7 Å². The molecule has 0 N–H and O–H groups in total. The molecule has 0 spiro atoms. The van der Waals surface area contributed by atoms with Crippen molar-refractivity contribution < 1.29 is 13.5 Å². The monoisotopic (exact) mass is 413 g/mol. The zero-order chi connectivity index (χ0) is 21.2. The van der Waals surface area contributed by atoms with Gasteiger partial charge in [0.1, 0.15) is 11.6 Å². The van der Waals surface area contributed by atoms with Crippen LogP contribution in [-0.2, 0) is 6.54 Å². The fraction of sp³-hybridized carbons (Fsp3) is 0.185. The second-order valence-electron chi connectivity index (χ2n) is 7.87. The molecule has 0 saturated carbocycles. The summed E-state index contributed by atoms with van der Waals surface area (Å²) in [5.74, 6) is 1.40. The molecule has 31 heavy (non-hydrogen) atoms. The van der Waals surface area contributed by atoms with Crippen molar-refractivity contribution in [3.8, 4) is 17.1 Å². The molecule has 0 fully saturated rings. The maximum atomic E-state index is 13.2. The van der Waals surface area contributed by atoms with Crippen molar-refractivity contribution in [2.24, 2.45) is 0 Å². The van der Waals surface area contributed by atoms with Crippen molar-refractivity contribution in [1.82, 2.24) is 4.90 Å². The minimum Gasteiger partial charge on any atom is -0.493 e. The maximum absolute atomic E-state index is 13.2. The Hall–Kier alpha value is -3.37. The van der Waals surface area contributed by atoms with Crippen LogP contribution in [0.15, 0.2) is 83.3 Å². The number of benzene rings is 3. The zero-order valence-electron chi connectivity index (χ0n) is 17.5. The van der Waals surface area contributed by atoms with Gasteiger partial charge in [-0.15, -0.1) is 0 Å². The van der Waals surface area contributed by atoms with Gasteiger partial charge in [0.2, 0.25) is 0 Å². The lowest BCUT2D eigenvalue weighted by atomic mass is 9.99. The summed E-state index contributed by atoms with van der Waals surface area (Å²) < 4.78 is 25.0. The molecule has 0 atom stereocenters. The first-order valence-corrected chi connectivity index (χ1v) is 10.5. The Balaban J connectivity index is 1.40. The fourth-order valence-corrected chi connectivity index (χ4v) is 4.22. The minimum atomic E-state index is -0.194. The molecular formula is C27H24FNO2. The lowest BCUT2D eigenvalue weighted by Crippen LogP contribution is -2.28. The lowest BCUT2D eigenvalue weighted by molar-refractivity contribution is 0.295. The summed E-state index contributed by atoms with van der Waals surface area (Å²) in [5, 5.41) is 1.09. The first-order chi connectivity index (χ1) is 15.2. The highest BCUT2D eigenvalue weighted by Gasteiger charge is 2.18. The molecule has 3 aromatic carbocycles. The number of halogens is 1. The third-order valence-electron chi connectivity index (χ3n) is 5.92. The van der Waals surface area contributed by atoms with E-state index in [0.29, 0.717) is 0 Å². The predicted octanol–water partition coefficient (Wildman–Crippen LogP) is 6.54. The number of nitrogens with zero attached hydrogens (tertiary/aromatic N) is 1. The third kappa shape index (κ3) is 3.99. The van der Waals surface area contributed by atoms with E-state index in [9.17, 15) is 4.39 Å². The van der Waals surface area contributed by atoms with Crippen molar-refractivity contribution in [2.45, 2.75) is 13.0 Å². The van der Waals surface area contributed by atoms with Crippen molar-refractivity contribution in [2.75, 3.05) is 20.2 Å². The van der Waals surface area contributed by atoms with Gasteiger partial charge in [-0.3, -0.25) is 4.90 Å². The van der Waals surface area contributed by atoms with Crippen LogP contribution < -0.4 is 4.74 Å². The summed E-state index contributed by atoms with van der Waals surface area (Å²) in [4.78, 5) is 2.42. The lowest BCUT2D eigenvalue weighted by Gasteiger charge is -2.26. The van der Waals surface area contributed by atoms with Crippen LogP contribution in [-0.4, -0.2) is 25.1 Å². The molecule has 0 amide bonds. The molecule has 5 rings (SSSR count). The van der Waals surface area contributed by atoms with Gasteiger partial charge in [-0.05, 0) is 47.4 Å². The molecule has 1 aliphatic heterocycles. The molecule has 0 bridgehead atoms. The number of rotatable bonds is 5.